The van der Waals surface area contributed by atoms with Crippen LogP contribution in [0.3, 0.4) is 0 Å². The zero-order valence-electron chi connectivity index (χ0n) is 18.3. The van der Waals surface area contributed by atoms with Gasteiger partial charge < -0.3 is 19.6 Å². The second-order valence-electron chi connectivity index (χ2n) is 8.06. The molecular formula is C25H22ClN5O3. The van der Waals surface area contributed by atoms with Crippen LogP contribution in [0.15, 0.2) is 65.3 Å². The predicted octanol–water partition coefficient (Wildman–Crippen LogP) is 5.42. The molecule has 2 N–H and O–H groups in total. The third-order valence-electron chi connectivity index (χ3n) is 5.70. The molecule has 0 aliphatic carbocycles. The molecule has 0 saturated carbocycles. The normalized spacial score (nSPS) is 13.1. The fourth-order valence-electron chi connectivity index (χ4n) is 4.00. The number of carbonyl (C=O) groups excluding carboxylic acids is 2. The third kappa shape index (κ3) is 4.58. The molecule has 0 radical (unpaired) electrons. The monoisotopic (exact) mass is 475 g/mol. The number of nitrogens with zero attached hydrogens (tertiary/aromatic N) is 3. The van der Waals surface area contributed by atoms with Crippen molar-refractivity contribution in [3.05, 3.63) is 83.0 Å². The van der Waals surface area contributed by atoms with Crippen LogP contribution in [0.2, 0.25) is 5.02 Å². The largest absolute Gasteiger partial charge is 0.459 e. The Morgan fingerprint density at radius 3 is 2.62 bits per heavy atom. The highest BCUT2D eigenvalue weighted by molar-refractivity contribution is 6.33. The summed E-state index contributed by atoms with van der Waals surface area (Å²) in [5.41, 5.74) is 2.18. The Morgan fingerprint density at radius 1 is 0.912 bits per heavy atom. The van der Waals surface area contributed by atoms with Gasteiger partial charge in [-0.25, -0.2) is 0 Å². The van der Waals surface area contributed by atoms with Crippen molar-refractivity contribution in [3.8, 4) is 11.4 Å². The molecule has 2 aromatic heterocycles. The smallest absolute Gasteiger partial charge is 0.291 e. The average molecular weight is 476 g/mol. The van der Waals surface area contributed by atoms with E-state index in [2.05, 4.69) is 25.4 Å². The molecule has 0 bridgehead atoms. The van der Waals surface area contributed by atoms with Crippen LogP contribution in [0, 0.1) is 0 Å². The fourth-order valence-corrected chi connectivity index (χ4v) is 4.20. The molecule has 9 heteroatoms. The van der Waals surface area contributed by atoms with Gasteiger partial charge in [0.15, 0.2) is 11.6 Å². The highest BCUT2D eigenvalue weighted by atomic mass is 35.5. The van der Waals surface area contributed by atoms with Gasteiger partial charge in [0.05, 0.1) is 11.3 Å². The van der Waals surface area contributed by atoms with Crippen molar-refractivity contribution in [1.29, 1.82) is 0 Å². The molecule has 0 unspecified atom stereocenters. The Morgan fingerprint density at radius 2 is 1.76 bits per heavy atom. The van der Waals surface area contributed by atoms with Gasteiger partial charge in [0.1, 0.15) is 5.82 Å². The minimum atomic E-state index is -0.391. The second-order valence-corrected chi connectivity index (χ2v) is 8.47. The first-order valence-corrected chi connectivity index (χ1v) is 11.4. The molecule has 2 amide bonds. The lowest BCUT2D eigenvalue weighted by Crippen LogP contribution is -2.14. The summed E-state index contributed by atoms with van der Waals surface area (Å²) < 4.78 is 7.22. The lowest BCUT2D eigenvalue weighted by molar-refractivity contribution is 0.0993. The summed E-state index contributed by atoms with van der Waals surface area (Å²) in [6.45, 7) is 0.848. The van der Waals surface area contributed by atoms with Crippen LogP contribution >= 0.6 is 11.6 Å². The van der Waals surface area contributed by atoms with E-state index in [1.54, 1.807) is 48.5 Å². The zero-order valence-corrected chi connectivity index (χ0v) is 19.0. The van der Waals surface area contributed by atoms with Crippen LogP contribution in [-0.2, 0) is 13.0 Å². The lowest BCUT2D eigenvalue weighted by Gasteiger charge is -2.12. The van der Waals surface area contributed by atoms with E-state index in [1.807, 2.05) is 6.07 Å². The van der Waals surface area contributed by atoms with Crippen LogP contribution in [0.5, 0.6) is 0 Å². The lowest BCUT2D eigenvalue weighted by atomic mass is 10.1. The van der Waals surface area contributed by atoms with Gasteiger partial charge in [0.2, 0.25) is 0 Å². The molecule has 3 heterocycles. The van der Waals surface area contributed by atoms with Crippen molar-refractivity contribution in [2.45, 2.75) is 32.2 Å². The minimum Gasteiger partial charge on any atom is -0.459 e. The number of halogens is 1. The summed E-state index contributed by atoms with van der Waals surface area (Å²) in [4.78, 5) is 25.2. The van der Waals surface area contributed by atoms with E-state index in [0.29, 0.717) is 27.8 Å². The highest BCUT2D eigenvalue weighted by Gasteiger charge is 2.19. The van der Waals surface area contributed by atoms with Crippen molar-refractivity contribution in [3.63, 3.8) is 0 Å². The van der Waals surface area contributed by atoms with E-state index in [-0.39, 0.29) is 11.7 Å². The molecule has 0 spiro atoms. The molecule has 34 heavy (non-hydrogen) atoms. The maximum Gasteiger partial charge on any atom is 0.291 e. The average Bonchev–Trinajstić information content (AvgIpc) is 3.46. The summed E-state index contributed by atoms with van der Waals surface area (Å²) in [6.07, 6.45) is 5.65. The first kappa shape index (κ1) is 21.9. The van der Waals surface area contributed by atoms with E-state index in [0.717, 1.165) is 43.6 Å². The molecule has 2 aromatic carbocycles. The molecule has 5 rings (SSSR count). The number of hydrogen-bond acceptors (Lipinski definition) is 5. The maximum atomic E-state index is 12.9. The van der Waals surface area contributed by atoms with Gasteiger partial charge >= 0.3 is 0 Å². The number of benzene rings is 2. The van der Waals surface area contributed by atoms with Crippen molar-refractivity contribution >= 4 is 34.8 Å². The van der Waals surface area contributed by atoms with E-state index in [1.165, 1.54) is 6.26 Å². The Hall–Kier alpha value is -3.91. The van der Waals surface area contributed by atoms with Gasteiger partial charge in [-0.1, -0.05) is 24.1 Å². The van der Waals surface area contributed by atoms with Crippen LogP contribution < -0.4 is 10.6 Å². The minimum absolute atomic E-state index is 0.190. The number of aryl methyl sites for hydroxylation is 1. The van der Waals surface area contributed by atoms with Crippen LogP contribution in [0.25, 0.3) is 11.4 Å². The fraction of sp³-hybridized carbons (Fsp3) is 0.200. The quantitative estimate of drug-likeness (QED) is 0.401. The first-order valence-electron chi connectivity index (χ1n) is 11.1. The van der Waals surface area contributed by atoms with Gasteiger partial charge in [-0.2, -0.15) is 0 Å². The standard InChI is InChI=1S/C25H22ClN5O3/c26-20-11-10-18(15-19(20)23-30-29-22-9-2-1-3-12-31(22)23)27-24(32)16-6-4-7-17(14-16)28-25(33)21-8-5-13-34-21/h4-8,10-11,13-15H,1-3,9,12H2,(H,27,32)(H,28,33). The number of anilines is 2. The van der Waals surface area contributed by atoms with Gasteiger partial charge in [-0.15, -0.1) is 10.2 Å². The molecule has 0 atom stereocenters. The van der Waals surface area contributed by atoms with Crippen molar-refractivity contribution < 1.29 is 14.0 Å². The Labute approximate surface area is 200 Å². The van der Waals surface area contributed by atoms with Crippen molar-refractivity contribution in [2.24, 2.45) is 0 Å². The van der Waals surface area contributed by atoms with E-state index in [4.69, 9.17) is 16.0 Å². The summed E-state index contributed by atoms with van der Waals surface area (Å²) in [5, 5.41) is 14.9. The second kappa shape index (κ2) is 9.52. The number of nitrogens with one attached hydrogen (secondary N) is 2. The Balaban J connectivity index is 1.35. The third-order valence-corrected chi connectivity index (χ3v) is 6.03. The van der Waals surface area contributed by atoms with Crippen LogP contribution in [-0.4, -0.2) is 26.6 Å². The number of furan rings is 1. The summed E-state index contributed by atoms with van der Waals surface area (Å²) in [5.74, 6) is 1.15. The van der Waals surface area contributed by atoms with Crippen molar-refractivity contribution in [2.75, 3.05) is 10.6 Å². The topological polar surface area (TPSA) is 102 Å². The molecule has 0 fully saturated rings. The van der Waals surface area contributed by atoms with Gasteiger partial charge in [0, 0.05) is 35.5 Å². The Kier molecular flexibility index (Phi) is 6.14. The number of rotatable bonds is 5. The maximum absolute atomic E-state index is 12.9. The van der Waals surface area contributed by atoms with Gasteiger partial charge in [0.25, 0.3) is 11.8 Å². The van der Waals surface area contributed by atoms with E-state index in [9.17, 15) is 9.59 Å². The molecule has 4 aromatic rings. The van der Waals surface area contributed by atoms with E-state index < -0.39 is 5.91 Å². The van der Waals surface area contributed by atoms with E-state index >= 15 is 0 Å². The van der Waals surface area contributed by atoms with Crippen LogP contribution in [0.1, 0.15) is 46.0 Å². The number of fused-ring (bicyclic) bond motifs is 1. The number of aromatic nitrogens is 3. The zero-order chi connectivity index (χ0) is 23.5. The molecule has 0 saturated heterocycles. The van der Waals surface area contributed by atoms with Crippen LogP contribution in [0.4, 0.5) is 11.4 Å². The first-order chi connectivity index (χ1) is 16.6. The molecule has 1 aliphatic heterocycles. The Bertz CT molecular complexity index is 1350. The molecule has 8 nitrogen and oxygen atoms in total. The predicted molar refractivity (Wildman–Crippen MR) is 129 cm³/mol. The molecule has 1 aliphatic rings. The summed E-state index contributed by atoms with van der Waals surface area (Å²) in [7, 11) is 0. The summed E-state index contributed by atoms with van der Waals surface area (Å²) in [6, 6.07) is 15.2. The van der Waals surface area contributed by atoms with Gasteiger partial charge in [-0.3, -0.25) is 9.59 Å². The number of carbonyl (C=O) groups is 2. The number of amides is 2. The molecular weight excluding hydrogens is 454 g/mol. The SMILES string of the molecule is O=C(Nc1ccc(Cl)c(-c2nnc3n2CCCCC3)c1)c1cccc(NC(=O)c2ccco2)c1. The highest BCUT2D eigenvalue weighted by Crippen LogP contribution is 2.31. The van der Waals surface area contributed by atoms with Gasteiger partial charge in [-0.05, 0) is 61.4 Å². The van der Waals surface area contributed by atoms with Crippen molar-refractivity contribution in [1.82, 2.24) is 14.8 Å². The number of hydrogen-bond donors (Lipinski definition) is 2. The summed E-state index contributed by atoms with van der Waals surface area (Å²) >= 11 is 6.49. The molecule has 172 valence electrons.